The number of halogens is 3. The van der Waals surface area contributed by atoms with Crippen LogP contribution in [0.15, 0.2) is 23.1 Å². The van der Waals surface area contributed by atoms with E-state index in [1.54, 1.807) is 0 Å². The lowest BCUT2D eigenvalue weighted by atomic mass is 10.1. The van der Waals surface area contributed by atoms with E-state index in [4.69, 9.17) is 5.73 Å². The van der Waals surface area contributed by atoms with Gasteiger partial charge in [-0.1, -0.05) is 0 Å². The summed E-state index contributed by atoms with van der Waals surface area (Å²) in [5.41, 5.74) is 4.42. The molecule has 0 radical (unpaired) electrons. The second-order valence-corrected chi connectivity index (χ2v) is 3.02. The highest BCUT2D eigenvalue weighted by atomic mass is 19.4. The number of nitrogens with two attached hydrogens (primary N) is 1. The van der Waals surface area contributed by atoms with Crippen molar-refractivity contribution in [2.45, 2.75) is 12.7 Å². The van der Waals surface area contributed by atoms with E-state index in [0.717, 1.165) is 10.7 Å². The van der Waals surface area contributed by atoms with Gasteiger partial charge in [-0.3, -0.25) is 4.79 Å². The average Bonchev–Trinajstić information content (AvgIpc) is 2.14. The van der Waals surface area contributed by atoms with Gasteiger partial charge in [0.05, 0.1) is 12.5 Å². The third kappa shape index (κ3) is 3.05. The molecule has 0 aliphatic rings. The van der Waals surface area contributed by atoms with Crippen LogP contribution >= 0.6 is 0 Å². The smallest absolute Gasteiger partial charge is 0.330 e. The third-order valence-corrected chi connectivity index (χ3v) is 1.93. The monoisotopic (exact) mass is 221 g/mol. The lowest BCUT2D eigenvalue weighted by molar-refractivity contribution is -0.175. The van der Waals surface area contributed by atoms with Crippen LogP contribution in [0.3, 0.4) is 0 Å². The minimum Gasteiger partial charge on any atom is -0.330 e. The van der Waals surface area contributed by atoms with Gasteiger partial charge in [-0.25, -0.2) is 4.68 Å². The van der Waals surface area contributed by atoms with Crippen LogP contribution in [0.4, 0.5) is 13.2 Å². The fourth-order valence-electron chi connectivity index (χ4n) is 1.04. The van der Waals surface area contributed by atoms with Crippen molar-refractivity contribution in [1.29, 1.82) is 0 Å². The van der Waals surface area contributed by atoms with Crippen LogP contribution < -0.4 is 11.3 Å². The van der Waals surface area contributed by atoms with Crippen molar-refractivity contribution in [2.75, 3.05) is 6.54 Å². The second kappa shape index (κ2) is 4.43. The second-order valence-electron chi connectivity index (χ2n) is 3.02. The lowest BCUT2D eigenvalue weighted by Gasteiger charge is -2.18. The van der Waals surface area contributed by atoms with Gasteiger partial charge in [-0.15, -0.1) is 0 Å². The van der Waals surface area contributed by atoms with E-state index >= 15 is 0 Å². The van der Waals surface area contributed by atoms with Crippen LogP contribution in [0.5, 0.6) is 0 Å². The van der Waals surface area contributed by atoms with Crippen molar-refractivity contribution in [3.63, 3.8) is 0 Å². The molecule has 1 aromatic heterocycles. The first-order valence-electron chi connectivity index (χ1n) is 4.24. The Balaban J connectivity index is 2.85. The van der Waals surface area contributed by atoms with E-state index in [1.165, 1.54) is 12.3 Å². The molecule has 0 amide bonds. The molecule has 1 atom stereocenters. The molecule has 0 fully saturated rings. The zero-order chi connectivity index (χ0) is 11.5. The van der Waals surface area contributed by atoms with Crippen molar-refractivity contribution < 1.29 is 13.2 Å². The summed E-state index contributed by atoms with van der Waals surface area (Å²) >= 11 is 0. The normalized spacial score (nSPS) is 13.9. The van der Waals surface area contributed by atoms with Crippen molar-refractivity contribution in [2.24, 2.45) is 11.7 Å². The van der Waals surface area contributed by atoms with Gasteiger partial charge in [0, 0.05) is 18.8 Å². The molecule has 0 spiro atoms. The van der Waals surface area contributed by atoms with Crippen LogP contribution in [0.1, 0.15) is 0 Å². The number of hydrogen-bond acceptors (Lipinski definition) is 3. The highest BCUT2D eigenvalue weighted by Crippen LogP contribution is 2.25. The van der Waals surface area contributed by atoms with Crippen molar-refractivity contribution in [3.05, 3.63) is 28.7 Å². The molecular weight excluding hydrogens is 211 g/mol. The zero-order valence-corrected chi connectivity index (χ0v) is 7.74. The fourth-order valence-corrected chi connectivity index (χ4v) is 1.04. The van der Waals surface area contributed by atoms with Crippen LogP contribution in [0, 0.1) is 5.92 Å². The maximum absolute atomic E-state index is 12.3. The molecular formula is C8H10F3N3O. The van der Waals surface area contributed by atoms with E-state index in [1.807, 2.05) is 0 Å². The molecule has 0 aliphatic heterocycles. The maximum Gasteiger partial charge on any atom is 0.394 e. The summed E-state index contributed by atoms with van der Waals surface area (Å²) in [5, 5.41) is 3.53. The number of nitrogens with zero attached hydrogens (tertiary/aromatic N) is 2. The van der Waals surface area contributed by atoms with Gasteiger partial charge in [0.2, 0.25) is 0 Å². The predicted molar refractivity (Wildman–Crippen MR) is 47.1 cm³/mol. The Morgan fingerprint density at radius 3 is 2.67 bits per heavy atom. The number of alkyl halides is 3. The summed E-state index contributed by atoms with van der Waals surface area (Å²) in [4.78, 5) is 11.1. The van der Waals surface area contributed by atoms with E-state index in [-0.39, 0.29) is 0 Å². The predicted octanol–water partition coefficient (Wildman–Crippen LogP) is 0.380. The molecule has 1 rings (SSSR count). The van der Waals surface area contributed by atoms with Crippen molar-refractivity contribution in [1.82, 2.24) is 9.78 Å². The van der Waals surface area contributed by atoms with Crippen molar-refractivity contribution in [3.8, 4) is 0 Å². The van der Waals surface area contributed by atoms with Gasteiger partial charge in [0.25, 0.3) is 5.56 Å². The summed E-state index contributed by atoms with van der Waals surface area (Å²) in [5.74, 6) is -1.75. The Morgan fingerprint density at radius 1 is 1.53 bits per heavy atom. The fraction of sp³-hybridized carbons (Fsp3) is 0.500. The van der Waals surface area contributed by atoms with Crippen molar-refractivity contribution >= 4 is 0 Å². The van der Waals surface area contributed by atoms with Gasteiger partial charge in [0.1, 0.15) is 0 Å². The summed E-state index contributed by atoms with van der Waals surface area (Å²) in [6, 6.07) is 2.51. The first-order chi connectivity index (χ1) is 6.95. The SMILES string of the molecule is NCC(Cn1ncccc1=O)C(F)(F)F. The van der Waals surface area contributed by atoms with E-state index < -0.39 is 30.7 Å². The van der Waals surface area contributed by atoms with Gasteiger partial charge in [0.15, 0.2) is 0 Å². The van der Waals surface area contributed by atoms with Gasteiger partial charge in [-0.05, 0) is 6.07 Å². The maximum atomic E-state index is 12.3. The van der Waals surface area contributed by atoms with E-state index in [2.05, 4.69) is 5.10 Å². The molecule has 1 aromatic rings. The largest absolute Gasteiger partial charge is 0.394 e. The number of rotatable bonds is 3. The first-order valence-corrected chi connectivity index (χ1v) is 4.24. The van der Waals surface area contributed by atoms with Gasteiger partial charge in [-0.2, -0.15) is 18.3 Å². The highest BCUT2D eigenvalue weighted by molar-refractivity contribution is 4.85. The summed E-state index contributed by atoms with van der Waals surface area (Å²) in [7, 11) is 0. The lowest BCUT2D eigenvalue weighted by Crippen LogP contribution is -2.37. The van der Waals surface area contributed by atoms with Crippen LogP contribution in [-0.2, 0) is 6.54 Å². The molecule has 7 heteroatoms. The Labute approximate surface area is 83.5 Å². The van der Waals surface area contributed by atoms with Gasteiger partial charge >= 0.3 is 6.18 Å². The summed E-state index contributed by atoms with van der Waals surface area (Å²) < 4.78 is 37.7. The minimum absolute atomic E-state index is 0.542. The highest BCUT2D eigenvalue weighted by Gasteiger charge is 2.38. The van der Waals surface area contributed by atoms with Gasteiger partial charge < -0.3 is 5.73 Å². The summed E-state index contributed by atoms with van der Waals surface area (Å²) in [6.07, 6.45) is -3.16. The van der Waals surface area contributed by atoms with Crippen LogP contribution in [0.25, 0.3) is 0 Å². The minimum atomic E-state index is -4.41. The molecule has 0 saturated carbocycles. The number of aromatic nitrogens is 2. The Morgan fingerprint density at radius 2 is 2.20 bits per heavy atom. The molecule has 1 heterocycles. The Bertz CT molecular complexity index is 374. The Hall–Kier alpha value is -1.37. The zero-order valence-electron chi connectivity index (χ0n) is 7.74. The molecule has 2 N–H and O–H groups in total. The third-order valence-electron chi connectivity index (χ3n) is 1.93. The van der Waals surface area contributed by atoms with E-state index in [9.17, 15) is 18.0 Å². The molecule has 1 unspecified atom stereocenters. The average molecular weight is 221 g/mol. The molecule has 0 bridgehead atoms. The Kier molecular flexibility index (Phi) is 3.46. The standard InChI is InChI=1S/C8H10F3N3O/c9-8(10,11)6(4-12)5-14-7(15)2-1-3-13-14/h1-3,6H,4-5,12H2. The quantitative estimate of drug-likeness (QED) is 0.802. The first kappa shape index (κ1) is 11.7. The molecule has 0 aliphatic carbocycles. The molecule has 15 heavy (non-hydrogen) atoms. The molecule has 84 valence electrons. The number of hydrogen-bond donors (Lipinski definition) is 1. The molecule has 0 saturated heterocycles. The summed E-state index contributed by atoms with van der Waals surface area (Å²) in [6.45, 7) is -1.10. The topological polar surface area (TPSA) is 60.9 Å². The molecule has 4 nitrogen and oxygen atoms in total. The molecule has 0 aromatic carbocycles. The van der Waals surface area contributed by atoms with E-state index in [0.29, 0.717) is 0 Å². The van der Waals surface area contributed by atoms with Crippen LogP contribution in [-0.4, -0.2) is 22.5 Å². The van der Waals surface area contributed by atoms with Crippen LogP contribution in [0.2, 0.25) is 0 Å².